The van der Waals surface area contributed by atoms with Crippen LogP contribution in [-0.4, -0.2) is 41.3 Å². The second kappa shape index (κ2) is 11.9. The van der Waals surface area contributed by atoms with Crippen molar-refractivity contribution >= 4 is 11.9 Å². The van der Waals surface area contributed by atoms with E-state index in [-0.39, 0.29) is 13.0 Å². The zero-order valence-electron chi connectivity index (χ0n) is 9.26. The van der Waals surface area contributed by atoms with Gasteiger partial charge in [-0.25, -0.2) is 0 Å². The van der Waals surface area contributed by atoms with Crippen LogP contribution in [0.15, 0.2) is 0 Å². The summed E-state index contributed by atoms with van der Waals surface area (Å²) in [5.41, 5.74) is 15.3. The molecule has 0 aromatic heterocycles. The standard InChI is InChI=1S/C6H14N2O2.C3H7NO2/c7-4-2-1-3-5(8)6(9)10;4-2-1-3(5)6/h5H,1-4,7-8H2,(H,9,10);1-2,4H2,(H,5,6). The third-order valence-corrected chi connectivity index (χ3v) is 1.64. The van der Waals surface area contributed by atoms with Crippen LogP contribution in [0.2, 0.25) is 0 Å². The van der Waals surface area contributed by atoms with E-state index in [1.54, 1.807) is 0 Å². The van der Waals surface area contributed by atoms with Gasteiger partial charge in [0.05, 0.1) is 6.42 Å². The van der Waals surface area contributed by atoms with E-state index in [1.165, 1.54) is 0 Å². The average molecular weight is 235 g/mol. The summed E-state index contributed by atoms with van der Waals surface area (Å²) >= 11 is 0. The first-order valence-corrected chi connectivity index (χ1v) is 5.06. The van der Waals surface area contributed by atoms with Crippen LogP contribution in [0.3, 0.4) is 0 Å². The van der Waals surface area contributed by atoms with Gasteiger partial charge in [-0.05, 0) is 19.4 Å². The molecule has 0 aliphatic heterocycles. The Balaban J connectivity index is 0. The van der Waals surface area contributed by atoms with Gasteiger partial charge in [0.1, 0.15) is 6.04 Å². The second-order valence-electron chi connectivity index (χ2n) is 3.16. The molecule has 0 aromatic carbocycles. The lowest BCUT2D eigenvalue weighted by Crippen LogP contribution is -2.29. The molecule has 0 spiro atoms. The van der Waals surface area contributed by atoms with E-state index in [4.69, 9.17) is 27.4 Å². The number of carboxylic acid groups (broad SMARTS) is 2. The van der Waals surface area contributed by atoms with Crippen LogP contribution >= 0.6 is 0 Å². The van der Waals surface area contributed by atoms with Gasteiger partial charge in [-0.1, -0.05) is 6.42 Å². The number of unbranched alkanes of at least 4 members (excludes halogenated alkanes) is 1. The van der Waals surface area contributed by atoms with Gasteiger partial charge in [0.25, 0.3) is 0 Å². The van der Waals surface area contributed by atoms with E-state index in [1.807, 2.05) is 0 Å². The number of nitrogens with two attached hydrogens (primary N) is 3. The van der Waals surface area contributed by atoms with Crippen molar-refractivity contribution in [3.8, 4) is 0 Å². The summed E-state index contributed by atoms with van der Waals surface area (Å²) in [6, 6.07) is -0.716. The Hall–Kier alpha value is -1.18. The molecule has 0 saturated carbocycles. The van der Waals surface area contributed by atoms with Crippen molar-refractivity contribution in [2.45, 2.75) is 31.7 Å². The molecule has 96 valence electrons. The highest BCUT2D eigenvalue weighted by molar-refractivity contribution is 5.72. The largest absolute Gasteiger partial charge is 0.481 e. The predicted octanol–water partition coefficient (Wildman–Crippen LogP) is -1.05. The first-order valence-electron chi connectivity index (χ1n) is 5.06. The van der Waals surface area contributed by atoms with Crippen molar-refractivity contribution in [1.82, 2.24) is 0 Å². The Labute approximate surface area is 94.6 Å². The number of aliphatic carboxylic acids is 2. The maximum atomic E-state index is 10.1. The van der Waals surface area contributed by atoms with Crippen LogP contribution in [-0.2, 0) is 9.59 Å². The van der Waals surface area contributed by atoms with E-state index in [9.17, 15) is 9.59 Å². The monoisotopic (exact) mass is 235 g/mol. The normalized spacial score (nSPS) is 11.2. The number of rotatable bonds is 7. The lowest BCUT2D eigenvalue weighted by Gasteiger charge is -2.03. The van der Waals surface area contributed by atoms with Gasteiger partial charge in [-0.2, -0.15) is 0 Å². The second-order valence-corrected chi connectivity index (χ2v) is 3.16. The van der Waals surface area contributed by atoms with Gasteiger partial charge in [0.2, 0.25) is 0 Å². The van der Waals surface area contributed by atoms with Crippen molar-refractivity contribution in [2.24, 2.45) is 17.2 Å². The summed E-state index contributed by atoms with van der Waals surface area (Å²) in [4.78, 5) is 19.7. The van der Waals surface area contributed by atoms with E-state index < -0.39 is 18.0 Å². The summed E-state index contributed by atoms with van der Waals surface area (Å²) in [6.45, 7) is 0.835. The molecule has 8 N–H and O–H groups in total. The third-order valence-electron chi connectivity index (χ3n) is 1.64. The third kappa shape index (κ3) is 15.3. The van der Waals surface area contributed by atoms with Gasteiger partial charge in [0, 0.05) is 6.54 Å². The molecule has 0 radical (unpaired) electrons. The number of hydrogen-bond donors (Lipinski definition) is 5. The Morgan fingerprint density at radius 2 is 1.62 bits per heavy atom. The molecule has 1 atom stereocenters. The van der Waals surface area contributed by atoms with Crippen molar-refractivity contribution in [1.29, 1.82) is 0 Å². The molecule has 0 aliphatic carbocycles. The van der Waals surface area contributed by atoms with E-state index >= 15 is 0 Å². The smallest absolute Gasteiger partial charge is 0.320 e. The van der Waals surface area contributed by atoms with Gasteiger partial charge in [-0.3, -0.25) is 9.59 Å². The highest BCUT2D eigenvalue weighted by Crippen LogP contribution is 1.96. The quantitative estimate of drug-likeness (QED) is 0.353. The fourth-order valence-electron chi connectivity index (χ4n) is 0.756. The molecule has 0 aliphatic rings. The van der Waals surface area contributed by atoms with Gasteiger partial charge < -0.3 is 27.4 Å². The number of hydrogen-bond acceptors (Lipinski definition) is 5. The molecule has 0 fully saturated rings. The van der Waals surface area contributed by atoms with E-state index in [0.29, 0.717) is 13.0 Å². The maximum Gasteiger partial charge on any atom is 0.320 e. The van der Waals surface area contributed by atoms with Gasteiger partial charge in [0.15, 0.2) is 0 Å². The SMILES string of the molecule is NCCC(=O)O.NCCCCC(N)C(=O)O. The molecule has 0 bridgehead atoms. The van der Waals surface area contributed by atoms with Crippen LogP contribution < -0.4 is 17.2 Å². The minimum Gasteiger partial charge on any atom is -0.481 e. The summed E-state index contributed by atoms with van der Waals surface area (Å²) in [5.74, 6) is -1.77. The summed E-state index contributed by atoms with van der Waals surface area (Å²) < 4.78 is 0. The molecule has 0 rings (SSSR count). The maximum absolute atomic E-state index is 10.1. The molecule has 0 saturated heterocycles. The topological polar surface area (TPSA) is 153 Å². The summed E-state index contributed by atoms with van der Waals surface area (Å²) in [5, 5.41) is 16.2. The lowest BCUT2D eigenvalue weighted by molar-refractivity contribution is -0.139. The molecule has 0 aromatic rings. The fraction of sp³-hybridized carbons (Fsp3) is 0.778. The molecule has 1 unspecified atom stereocenters. The minimum absolute atomic E-state index is 0.0694. The zero-order chi connectivity index (χ0) is 13.0. The molecular weight excluding hydrogens is 214 g/mol. The van der Waals surface area contributed by atoms with Gasteiger partial charge >= 0.3 is 11.9 Å². The molecule has 7 nitrogen and oxygen atoms in total. The molecule has 7 heteroatoms. The molecule has 16 heavy (non-hydrogen) atoms. The van der Waals surface area contributed by atoms with Crippen LogP contribution in [0.4, 0.5) is 0 Å². The molecule has 0 heterocycles. The molecular formula is C9H21N3O4. The first-order chi connectivity index (χ1) is 7.45. The zero-order valence-corrected chi connectivity index (χ0v) is 9.26. The minimum atomic E-state index is -0.933. The van der Waals surface area contributed by atoms with E-state index in [2.05, 4.69) is 0 Å². The summed E-state index contributed by atoms with van der Waals surface area (Å²) in [6.07, 6.45) is 2.23. The number of carbonyl (C=O) groups is 2. The Morgan fingerprint density at radius 3 is 1.88 bits per heavy atom. The first kappa shape index (κ1) is 17.2. The van der Waals surface area contributed by atoms with Crippen molar-refractivity contribution in [2.75, 3.05) is 13.1 Å². The van der Waals surface area contributed by atoms with Crippen LogP contribution in [0.5, 0.6) is 0 Å². The lowest BCUT2D eigenvalue weighted by atomic mass is 10.1. The predicted molar refractivity (Wildman–Crippen MR) is 59.8 cm³/mol. The highest BCUT2D eigenvalue weighted by atomic mass is 16.4. The average Bonchev–Trinajstić information content (AvgIpc) is 2.18. The Kier molecular flexibility index (Phi) is 12.8. The van der Waals surface area contributed by atoms with Crippen LogP contribution in [0, 0.1) is 0 Å². The summed E-state index contributed by atoms with van der Waals surface area (Å²) in [7, 11) is 0. The fourth-order valence-corrected chi connectivity index (χ4v) is 0.756. The van der Waals surface area contributed by atoms with Gasteiger partial charge in [-0.15, -0.1) is 0 Å². The van der Waals surface area contributed by atoms with Crippen molar-refractivity contribution in [3.05, 3.63) is 0 Å². The van der Waals surface area contributed by atoms with Crippen molar-refractivity contribution < 1.29 is 19.8 Å². The number of carboxylic acids is 2. The molecule has 0 amide bonds. The Bertz CT molecular complexity index is 199. The van der Waals surface area contributed by atoms with E-state index in [0.717, 1.165) is 12.8 Å². The van der Waals surface area contributed by atoms with Crippen LogP contribution in [0.1, 0.15) is 25.7 Å². The van der Waals surface area contributed by atoms with Crippen molar-refractivity contribution in [3.63, 3.8) is 0 Å². The Morgan fingerprint density at radius 1 is 1.06 bits per heavy atom. The highest BCUT2D eigenvalue weighted by Gasteiger charge is 2.09. The van der Waals surface area contributed by atoms with Crippen LogP contribution in [0.25, 0.3) is 0 Å².